The zero-order valence-corrected chi connectivity index (χ0v) is 20.6. The van der Waals surface area contributed by atoms with Crippen LogP contribution in [-0.4, -0.2) is 78.5 Å². The van der Waals surface area contributed by atoms with E-state index in [1.54, 1.807) is 24.3 Å². The quantitative estimate of drug-likeness (QED) is 0.132. The van der Waals surface area contributed by atoms with Crippen LogP contribution in [-0.2, 0) is 30.4 Å². The van der Waals surface area contributed by atoms with Gasteiger partial charge in [0.1, 0.15) is 18.1 Å². The molecule has 0 aliphatic rings. The van der Waals surface area contributed by atoms with Crippen LogP contribution in [0.15, 0.2) is 30.3 Å². The van der Waals surface area contributed by atoms with Crippen LogP contribution in [0.5, 0.6) is 0 Å². The number of rotatable bonds is 15. The van der Waals surface area contributed by atoms with Crippen molar-refractivity contribution in [2.45, 2.75) is 31.0 Å². The third kappa shape index (κ3) is 10.9. The summed E-state index contributed by atoms with van der Waals surface area (Å²) in [5, 5.41) is 10.1. The van der Waals surface area contributed by atoms with Crippen LogP contribution in [0.2, 0.25) is 0 Å². The Hall–Kier alpha value is -2.77. The van der Waals surface area contributed by atoms with E-state index in [2.05, 4.69) is 33.9 Å². The Morgan fingerprint density at radius 2 is 1.56 bits per heavy atom. The fraction of sp³-hybridized carbons (Fsp3) is 0.476. The summed E-state index contributed by atoms with van der Waals surface area (Å²) in [4.78, 5) is 61.0. The van der Waals surface area contributed by atoms with Crippen molar-refractivity contribution in [2.75, 3.05) is 30.9 Å². The maximum Gasteiger partial charge on any atom is 0.243 e. The number of thioether (sulfide) groups is 1. The highest BCUT2D eigenvalue weighted by atomic mass is 32.2. The van der Waals surface area contributed by atoms with Crippen molar-refractivity contribution in [2.24, 2.45) is 11.5 Å². The zero-order valence-electron chi connectivity index (χ0n) is 18.9. The minimum absolute atomic E-state index is 0.0504. The van der Waals surface area contributed by atoms with Crippen LogP contribution in [0.1, 0.15) is 12.0 Å². The molecule has 188 valence electrons. The number of nitrogens with two attached hydrogens (primary N) is 2. The minimum atomic E-state index is -1.06. The molecule has 0 radical (unpaired) electrons. The lowest BCUT2D eigenvalue weighted by Gasteiger charge is -2.25. The van der Waals surface area contributed by atoms with E-state index in [0.29, 0.717) is 12.2 Å². The lowest BCUT2D eigenvalue weighted by atomic mass is 10.0. The minimum Gasteiger partial charge on any atom is -0.368 e. The molecule has 11 nitrogen and oxygen atoms in total. The Balaban J connectivity index is 3.02. The second-order valence-electron chi connectivity index (χ2n) is 7.28. The van der Waals surface area contributed by atoms with E-state index in [4.69, 9.17) is 11.5 Å². The Kier molecular flexibility index (Phi) is 13.7. The van der Waals surface area contributed by atoms with Crippen molar-refractivity contribution in [1.82, 2.24) is 21.3 Å². The number of hydrogen-bond acceptors (Lipinski definition) is 8. The van der Waals surface area contributed by atoms with Crippen LogP contribution < -0.4 is 32.7 Å². The van der Waals surface area contributed by atoms with E-state index in [1.807, 2.05) is 12.3 Å². The van der Waals surface area contributed by atoms with Crippen LogP contribution in [0.3, 0.4) is 0 Å². The largest absolute Gasteiger partial charge is 0.368 e. The SMILES string of the molecule is CSCC[C@H](NC(=O)CN)C(=O)N[C@@H](Cc1ccccc1)C(=O)N[C@@H](CS)C(=O)NCC(N)=O. The Bertz CT molecular complexity index is 842. The second-order valence-corrected chi connectivity index (χ2v) is 8.64. The molecule has 1 aromatic rings. The van der Waals surface area contributed by atoms with Crippen LogP contribution in [0.4, 0.5) is 0 Å². The van der Waals surface area contributed by atoms with E-state index >= 15 is 0 Å². The van der Waals surface area contributed by atoms with E-state index in [-0.39, 0.29) is 25.3 Å². The molecule has 0 bridgehead atoms. The van der Waals surface area contributed by atoms with Gasteiger partial charge in [0.25, 0.3) is 0 Å². The van der Waals surface area contributed by atoms with Gasteiger partial charge < -0.3 is 32.7 Å². The third-order valence-electron chi connectivity index (χ3n) is 4.62. The van der Waals surface area contributed by atoms with Gasteiger partial charge in [-0.1, -0.05) is 30.3 Å². The maximum atomic E-state index is 13.1. The summed E-state index contributed by atoms with van der Waals surface area (Å²) < 4.78 is 0. The Morgan fingerprint density at radius 1 is 0.941 bits per heavy atom. The van der Waals surface area contributed by atoms with Gasteiger partial charge in [0.05, 0.1) is 13.1 Å². The summed E-state index contributed by atoms with van der Waals surface area (Å²) in [6.45, 7) is -0.665. The number of hydrogen-bond donors (Lipinski definition) is 7. The van der Waals surface area contributed by atoms with E-state index < -0.39 is 47.7 Å². The molecule has 0 heterocycles. The zero-order chi connectivity index (χ0) is 25.5. The lowest BCUT2D eigenvalue weighted by molar-refractivity contribution is -0.133. The predicted molar refractivity (Wildman–Crippen MR) is 134 cm³/mol. The van der Waals surface area contributed by atoms with Crippen molar-refractivity contribution in [3.63, 3.8) is 0 Å². The van der Waals surface area contributed by atoms with E-state index in [1.165, 1.54) is 11.8 Å². The van der Waals surface area contributed by atoms with Crippen molar-refractivity contribution >= 4 is 53.9 Å². The maximum absolute atomic E-state index is 13.1. The molecule has 1 rings (SSSR count). The van der Waals surface area contributed by atoms with Gasteiger partial charge in [0, 0.05) is 12.2 Å². The van der Waals surface area contributed by atoms with Gasteiger partial charge in [-0.05, 0) is 24.0 Å². The molecule has 0 aromatic heterocycles. The normalized spacial score (nSPS) is 13.1. The molecular weight excluding hydrogens is 480 g/mol. The average molecular weight is 513 g/mol. The number of benzene rings is 1. The molecule has 1 aromatic carbocycles. The summed E-state index contributed by atoms with van der Waals surface area (Å²) in [6, 6.07) is 6.01. The summed E-state index contributed by atoms with van der Waals surface area (Å²) in [6.07, 6.45) is 2.35. The lowest BCUT2D eigenvalue weighted by Crippen LogP contribution is -2.58. The average Bonchev–Trinajstić information content (AvgIpc) is 2.83. The fourth-order valence-corrected chi connectivity index (χ4v) is 3.58. The van der Waals surface area contributed by atoms with Crippen molar-refractivity contribution < 1.29 is 24.0 Å². The van der Waals surface area contributed by atoms with Gasteiger partial charge in [0.2, 0.25) is 29.5 Å². The summed E-state index contributed by atoms with van der Waals surface area (Å²) >= 11 is 5.59. The first kappa shape index (κ1) is 29.3. The van der Waals surface area contributed by atoms with Crippen LogP contribution in [0.25, 0.3) is 0 Å². The molecule has 0 saturated carbocycles. The van der Waals surface area contributed by atoms with Crippen molar-refractivity contribution in [3.05, 3.63) is 35.9 Å². The molecule has 0 spiro atoms. The number of primary amides is 1. The second kappa shape index (κ2) is 16.0. The van der Waals surface area contributed by atoms with Crippen molar-refractivity contribution in [3.8, 4) is 0 Å². The summed E-state index contributed by atoms with van der Waals surface area (Å²) in [5.74, 6) is -2.49. The van der Waals surface area contributed by atoms with Gasteiger partial charge >= 0.3 is 0 Å². The molecule has 34 heavy (non-hydrogen) atoms. The Labute approximate surface area is 208 Å². The van der Waals surface area contributed by atoms with E-state index in [9.17, 15) is 24.0 Å². The molecule has 3 atom stereocenters. The van der Waals surface area contributed by atoms with E-state index in [0.717, 1.165) is 5.56 Å². The summed E-state index contributed by atoms with van der Waals surface area (Å²) in [5.41, 5.74) is 11.2. The molecule has 8 N–H and O–H groups in total. The molecule has 0 fully saturated rings. The summed E-state index contributed by atoms with van der Waals surface area (Å²) in [7, 11) is 0. The van der Waals surface area contributed by atoms with Gasteiger partial charge in [-0.3, -0.25) is 24.0 Å². The number of nitrogens with one attached hydrogen (secondary N) is 4. The topological polar surface area (TPSA) is 186 Å². The predicted octanol–water partition coefficient (Wildman–Crippen LogP) is -2.07. The number of amides is 5. The van der Waals surface area contributed by atoms with Gasteiger partial charge in [0.15, 0.2) is 0 Å². The molecule has 5 amide bonds. The third-order valence-corrected chi connectivity index (χ3v) is 5.62. The smallest absolute Gasteiger partial charge is 0.243 e. The number of carbonyl (C=O) groups excluding carboxylic acids is 5. The van der Waals surface area contributed by atoms with Gasteiger partial charge in [-0.2, -0.15) is 24.4 Å². The van der Waals surface area contributed by atoms with Gasteiger partial charge in [-0.15, -0.1) is 0 Å². The standard InChI is InChI=1S/C21H32N6O5S2/c1-34-8-7-14(25-18(29)10-22)20(31)26-15(9-13-5-3-2-4-6-13)21(32)27-16(12-33)19(30)24-11-17(23)28/h2-6,14-16,33H,7-12,22H2,1H3,(H2,23,28)(H,24,30)(H,25,29)(H,26,31)(H,27,32)/t14-,15-,16-/m0/s1. The number of thiol groups is 1. The molecule has 13 heteroatoms. The highest BCUT2D eigenvalue weighted by Crippen LogP contribution is 2.07. The Morgan fingerprint density at radius 3 is 2.12 bits per heavy atom. The van der Waals surface area contributed by atoms with Crippen LogP contribution in [0, 0.1) is 0 Å². The highest BCUT2D eigenvalue weighted by molar-refractivity contribution is 7.98. The molecular formula is C21H32N6O5S2. The molecule has 0 aliphatic carbocycles. The monoisotopic (exact) mass is 512 g/mol. The molecule has 0 aliphatic heterocycles. The molecule has 0 unspecified atom stereocenters. The van der Waals surface area contributed by atoms with Gasteiger partial charge in [-0.25, -0.2) is 0 Å². The van der Waals surface area contributed by atoms with Crippen molar-refractivity contribution in [1.29, 1.82) is 0 Å². The highest BCUT2D eigenvalue weighted by Gasteiger charge is 2.29. The first-order valence-electron chi connectivity index (χ1n) is 10.5. The fourth-order valence-electron chi connectivity index (χ4n) is 2.85. The number of carbonyl (C=O) groups is 5. The molecule has 0 saturated heterocycles. The first-order valence-corrected chi connectivity index (χ1v) is 12.5. The van der Waals surface area contributed by atoms with Crippen LogP contribution >= 0.6 is 24.4 Å². The first-order chi connectivity index (χ1) is 16.2.